The van der Waals surface area contributed by atoms with Crippen LogP contribution < -0.4 is 5.32 Å². The van der Waals surface area contributed by atoms with Crippen molar-refractivity contribution >= 4 is 23.2 Å². The number of ether oxygens (including phenoxy) is 1. The SMILES string of the molecule is C=CC1OCCNCC1c1ccc(Cl)c(Cl)c1. The summed E-state index contributed by atoms with van der Waals surface area (Å²) in [6, 6.07) is 5.72. The van der Waals surface area contributed by atoms with Gasteiger partial charge in [-0.2, -0.15) is 0 Å². The lowest BCUT2D eigenvalue weighted by Gasteiger charge is -2.22. The summed E-state index contributed by atoms with van der Waals surface area (Å²) in [5, 5.41) is 4.50. The molecule has 17 heavy (non-hydrogen) atoms. The van der Waals surface area contributed by atoms with E-state index in [9.17, 15) is 0 Å². The standard InChI is InChI=1S/C13H15Cl2NO/c1-2-13-10(8-16-5-6-17-13)9-3-4-11(14)12(15)7-9/h2-4,7,10,13,16H,1,5-6,8H2. The van der Waals surface area contributed by atoms with Gasteiger partial charge in [-0.05, 0) is 17.7 Å². The number of benzene rings is 1. The summed E-state index contributed by atoms with van der Waals surface area (Å²) in [4.78, 5) is 0. The number of halogens is 2. The van der Waals surface area contributed by atoms with Crippen LogP contribution in [0.15, 0.2) is 30.9 Å². The Hall–Kier alpha value is -0.540. The van der Waals surface area contributed by atoms with Crippen LogP contribution in [0.3, 0.4) is 0 Å². The van der Waals surface area contributed by atoms with Gasteiger partial charge in [-0.3, -0.25) is 0 Å². The van der Waals surface area contributed by atoms with E-state index >= 15 is 0 Å². The topological polar surface area (TPSA) is 21.3 Å². The maximum absolute atomic E-state index is 6.05. The van der Waals surface area contributed by atoms with Crippen molar-refractivity contribution in [1.29, 1.82) is 0 Å². The average Bonchev–Trinajstić information content (AvgIpc) is 2.57. The first-order valence-electron chi connectivity index (χ1n) is 5.62. The molecule has 1 aromatic rings. The Morgan fingerprint density at radius 3 is 2.88 bits per heavy atom. The molecule has 1 heterocycles. The second-order valence-electron chi connectivity index (χ2n) is 4.06. The molecule has 4 heteroatoms. The van der Waals surface area contributed by atoms with Crippen LogP contribution in [0.2, 0.25) is 10.0 Å². The lowest BCUT2D eigenvalue weighted by molar-refractivity contribution is 0.0863. The molecule has 0 bridgehead atoms. The third kappa shape index (κ3) is 3.02. The molecule has 0 aliphatic carbocycles. The molecule has 1 fully saturated rings. The number of hydrogen-bond acceptors (Lipinski definition) is 2. The van der Waals surface area contributed by atoms with Gasteiger partial charge in [0, 0.05) is 19.0 Å². The van der Waals surface area contributed by atoms with E-state index in [2.05, 4.69) is 11.9 Å². The maximum Gasteiger partial charge on any atom is 0.0834 e. The molecule has 1 saturated heterocycles. The van der Waals surface area contributed by atoms with Crippen molar-refractivity contribution in [2.75, 3.05) is 19.7 Å². The molecule has 0 radical (unpaired) electrons. The van der Waals surface area contributed by atoms with Gasteiger partial charge in [-0.15, -0.1) is 6.58 Å². The molecular formula is C13H15Cl2NO. The predicted octanol–water partition coefficient (Wildman–Crippen LogP) is 3.25. The van der Waals surface area contributed by atoms with Crippen LogP contribution in [0.5, 0.6) is 0 Å². The van der Waals surface area contributed by atoms with E-state index in [1.165, 1.54) is 0 Å². The first-order chi connectivity index (χ1) is 8.22. The molecule has 92 valence electrons. The highest BCUT2D eigenvalue weighted by Gasteiger charge is 2.23. The Morgan fingerprint density at radius 1 is 1.35 bits per heavy atom. The van der Waals surface area contributed by atoms with Gasteiger partial charge < -0.3 is 10.1 Å². The summed E-state index contributed by atoms with van der Waals surface area (Å²) in [6.45, 7) is 6.25. The highest BCUT2D eigenvalue weighted by molar-refractivity contribution is 6.42. The summed E-state index contributed by atoms with van der Waals surface area (Å²) in [6.07, 6.45) is 1.86. The van der Waals surface area contributed by atoms with Crippen molar-refractivity contribution in [1.82, 2.24) is 5.32 Å². The van der Waals surface area contributed by atoms with Gasteiger partial charge in [0.1, 0.15) is 0 Å². The van der Waals surface area contributed by atoms with Crippen molar-refractivity contribution in [3.8, 4) is 0 Å². The molecule has 2 unspecified atom stereocenters. The highest BCUT2D eigenvalue weighted by atomic mass is 35.5. The fourth-order valence-electron chi connectivity index (χ4n) is 2.04. The number of rotatable bonds is 2. The lowest BCUT2D eigenvalue weighted by atomic mass is 9.93. The average molecular weight is 272 g/mol. The van der Waals surface area contributed by atoms with E-state index in [1.54, 1.807) is 0 Å². The molecule has 0 saturated carbocycles. The maximum atomic E-state index is 6.05. The summed E-state index contributed by atoms with van der Waals surface area (Å²) in [5.41, 5.74) is 1.12. The Balaban J connectivity index is 2.28. The highest BCUT2D eigenvalue weighted by Crippen LogP contribution is 2.29. The smallest absolute Gasteiger partial charge is 0.0834 e. The van der Waals surface area contributed by atoms with Gasteiger partial charge in [0.05, 0.1) is 22.8 Å². The summed E-state index contributed by atoms with van der Waals surface area (Å²) < 4.78 is 5.73. The number of nitrogens with one attached hydrogen (secondary N) is 1. The van der Waals surface area contributed by atoms with Gasteiger partial charge in [-0.1, -0.05) is 35.3 Å². The fourth-order valence-corrected chi connectivity index (χ4v) is 2.35. The van der Waals surface area contributed by atoms with Crippen molar-refractivity contribution in [2.45, 2.75) is 12.0 Å². The minimum atomic E-state index is 0.0160. The molecular weight excluding hydrogens is 257 g/mol. The van der Waals surface area contributed by atoms with E-state index in [1.807, 2.05) is 24.3 Å². The Kier molecular flexibility index (Phi) is 4.46. The molecule has 2 nitrogen and oxygen atoms in total. The van der Waals surface area contributed by atoms with E-state index in [0.29, 0.717) is 16.7 Å². The van der Waals surface area contributed by atoms with Crippen LogP contribution in [-0.4, -0.2) is 25.8 Å². The van der Waals surface area contributed by atoms with E-state index in [0.717, 1.165) is 18.7 Å². The summed E-state index contributed by atoms with van der Waals surface area (Å²) >= 11 is 12.0. The molecule has 1 N–H and O–H groups in total. The third-order valence-electron chi connectivity index (χ3n) is 2.95. The normalized spacial score (nSPS) is 25.3. The molecule has 2 rings (SSSR count). The van der Waals surface area contributed by atoms with Crippen molar-refractivity contribution in [2.24, 2.45) is 0 Å². The monoisotopic (exact) mass is 271 g/mol. The van der Waals surface area contributed by atoms with Crippen LogP contribution in [0, 0.1) is 0 Å². The zero-order valence-electron chi connectivity index (χ0n) is 9.46. The Bertz CT molecular complexity index is 408. The minimum absolute atomic E-state index is 0.0160. The van der Waals surface area contributed by atoms with Crippen LogP contribution in [0.1, 0.15) is 11.5 Å². The van der Waals surface area contributed by atoms with Crippen LogP contribution >= 0.6 is 23.2 Å². The zero-order chi connectivity index (χ0) is 12.3. The summed E-state index contributed by atoms with van der Waals surface area (Å²) in [7, 11) is 0. The molecule has 1 aliphatic heterocycles. The second-order valence-corrected chi connectivity index (χ2v) is 4.87. The molecule has 1 aliphatic rings. The van der Waals surface area contributed by atoms with Crippen LogP contribution in [0.25, 0.3) is 0 Å². The van der Waals surface area contributed by atoms with Gasteiger partial charge in [-0.25, -0.2) is 0 Å². The Morgan fingerprint density at radius 2 is 2.18 bits per heavy atom. The van der Waals surface area contributed by atoms with Crippen molar-refractivity contribution in [3.05, 3.63) is 46.5 Å². The first kappa shape index (κ1) is 12.9. The van der Waals surface area contributed by atoms with E-state index < -0.39 is 0 Å². The molecule has 2 atom stereocenters. The third-order valence-corrected chi connectivity index (χ3v) is 3.69. The zero-order valence-corrected chi connectivity index (χ0v) is 11.0. The van der Waals surface area contributed by atoms with Gasteiger partial charge in [0.15, 0.2) is 0 Å². The van der Waals surface area contributed by atoms with Crippen LogP contribution in [-0.2, 0) is 4.74 Å². The van der Waals surface area contributed by atoms with Crippen molar-refractivity contribution in [3.63, 3.8) is 0 Å². The minimum Gasteiger partial charge on any atom is -0.372 e. The van der Waals surface area contributed by atoms with Gasteiger partial charge in [0.25, 0.3) is 0 Å². The summed E-state index contributed by atoms with van der Waals surface area (Å²) in [5.74, 6) is 0.227. The molecule has 1 aromatic carbocycles. The van der Waals surface area contributed by atoms with Crippen molar-refractivity contribution < 1.29 is 4.74 Å². The quantitative estimate of drug-likeness (QED) is 0.834. The molecule has 0 aromatic heterocycles. The fraction of sp³-hybridized carbons (Fsp3) is 0.385. The van der Waals surface area contributed by atoms with Crippen LogP contribution in [0.4, 0.5) is 0 Å². The predicted molar refractivity (Wildman–Crippen MR) is 72.0 cm³/mol. The molecule has 0 amide bonds. The number of hydrogen-bond donors (Lipinski definition) is 1. The first-order valence-corrected chi connectivity index (χ1v) is 6.38. The second kappa shape index (κ2) is 5.87. The van der Waals surface area contributed by atoms with Gasteiger partial charge in [0.2, 0.25) is 0 Å². The van der Waals surface area contributed by atoms with E-state index in [4.69, 9.17) is 27.9 Å². The molecule has 0 spiro atoms. The van der Waals surface area contributed by atoms with Gasteiger partial charge >= 0.3 is 0 Å². The lowest BCUT2D eigenvalue weighted by Crippen LogP contribution is -2.25. The Labute approximate surface area is 112 Å². The largest absolute Gasteiger partial charge is 0.372 e. The van der Waals surface area contributed by atoms with E-state index in [-0.39, 0.29) is 12.0 Å².